The first-order valence-corrected chi connectivity index (χ1v) is 11.9. The van der Waals surface area contributed by atoms with Gasteiger partial charge in [-0.3, -0.25) is 4.79 Å². The van der Waals surface area contributed by atoms with Crippen LogP contribution in [0.4, 0.5) is 0 Å². The van der Waals surface area contributed by atoms with E-state index in [1.165, 1.54) is 19.3 Å². The molecule has 1 amide bonds. The minimum atomic E-state index is -2.95. The van der Waals surface area contributed by atoms with Crippen molar-refractivity contribution in [3.63, 3.8) is 0 Å². The normalized spacial score (nSPS) is 41.3. The van der Waals surface area contributed by atoms with Gasteiger partial charge < -0.3 is 4.90 Å². The Labute approximate surface area is 148 Å². The van der Waals surface area contributed by atoms with E-state index in [1.807, 2.05) is 0 Å². The number of sulfone groups is 1. The first kappa shape index (κ1) is 16.9. The van der Waals surface area contributed by atoms with Gasteiger partial charge in [0.2, 0.25) is 5.91 Å². The molecule has 24 heavy (non-hydrogen) atoms. The highest BCUT2D eigenvalue weighted by Crippen LogP contribution is 2.51. The van der Waals surface area contributed by atoms with Crippen LogP contribution in [0, 0.1) is 11.8 Å². The second kappa shape index (κ2) is 6.31. The summed E-state index contributed by atoms with van der Waals surface area (Å²) in [6.07, 6.45) is 7.34. The van der Waals surface area contributed by atoms with Gasteiger partial charge in [0.05, 0.1) is 17.5 Å². The summed E-state index contributed by atoms with van der Waals surface area (Å²) in [6.45, 7) is 2.07. The van der Waals surface area contributed by atoms with E-state index < -0.39 is 9.84 Å². The molecule has 7 heteroatoms. The first-order valence-electron chi connectivity index (χ1n) is 9.24. The Morgan fingerprint density at radius 3 is 2.75 bits per heavy atom. The molecule has 0 unspecified atom stereocenters. The number of hydrogen-bond donors (Lipinski definition) is 0. The monoisotopic (exact) mass is 370 g/mol. The maximum absolute atomic E-state index is 12.2. The third kappa shape index (κ3) is 3.02. The molecule has 4 aliphatic rings. The van der Waals surface area contributed by atoms with E-state index >= 15 is 0 Å². The largest absolute Gasteiger partial charge is 0.343 e. The lowest BCUT2D eigenvalue weighted by molar-refractivity contribution is -0.117. The number of aliphatic imine (C=N–C) groups is 1. The van der Waals surface area contributed by atoms with Crippen LogP contribution in [-0.4, -0.2) is 53.2 Å². The second-order valence-corrected chi connectivity index (χ2v) is 11.2. The molecule has 4 rings (SSSR count). The Kier molecular flexibility index (Phi) is 4.44. The van der Waals surface area contributed by atoms with Crippen LogP contribution in [0.15, 0.2) is 4.99 Å². The summed E-state index contributed by atoms with van der Waals surface area (Å²) in [7, 11) is -2.95. The number of amides is 1. The van der Waals surface area contributed by atoms with Crippen LogP contribution in [0.5, 0.6) is 0 Å². The third-order valence-corrected chi connectivity index (χ3v) is 9.35. The number of fused-ring (bicyclic) bond motifs is 3. The SMILES string of the molecule is CCCCC(=O)N=C1S[C@H]2CS(=O)(=O)C[C@@H]2N1[C@@H]1C[C@@H]2CC[C@@H]1C2. The average Bonchev–Trinajstić information content (AvgIpc) is 3.24. The fourth-order valence-electron chi connectivity index (χ4n) is 5.02. The van der Waals surface area contributed by atoms with Gasteiger partial charge >= 0.3 is 0 Å². The lowest BCUT2D eigenvalue weighted by atomic mass is 9.93. The molecule has 4 fully saturated rings. The van der Waals surface area contributed by atoms with E-state index in [-0.39, 0.29) is 28.7 Å². The molecule has 5 atom stereocenters. The number of thioether (sulfide) groups is 1. The molecule has 0 aromatic rings. The molecule has 2 bridgehead atoms. The minimum Gasteiger partial charge on any atom is -0.343 e. The summed E-state index contributed by atoms with van der Waals surface area (Å²) in [5.74, 6) is 1.88. The zero-order chi connectivity index (χ0) is 16.9. The maximum atomic E-state index is 12.2. The molecule has 2 aliphatic carbocycles. The molecular weight excluding hydrogens is 344 g/mol. The Morgan fingerprint density at radius 2 is 2.08 bits per heavy atom. The van der Waals surface area contributed by atoms with Gasteiger partial charge in [0.1, 0.15) is 0 Å². The summed E-state index contributed by atoms with van der Waals surface area (Å²) in [5, 5.41) is 0.880. The van der Waals surface area contributed by atoms with Crippen LogP contribution in [0.2, 0.25) is 0 Å². The summed E-state index contributed by atoms with van der Waals surface area (Å²) < 4.78 is 24.2. The molecule has 5 nitrogen and oxygen atoms in total. The third-order valence-electron chi connectivity index (χ3n) is 6.13. The van der Waals surface area contributed by atoms with Crippen molar-refractivity contribution >= 4 is 32.7 Å². The van der Waals surface area contributed by atoms with Crippen molar-refractivity contribution in [3.05, 3.63) is 0 Å². The fraction of sp³-hybridized carbons (Fsp3) is 0.882. The molecule has 2 saturated heterocycles. The van der Waals surface area contributed by atoms with Gasteiger partial charge in [0.15, 0.2) is 15.0 Å². The van der Waals surface area contributed by atoms with Crippen molar-refractivity contribution in [2.45, 2.75) is 69.2 Å². The maximum Gasteiger partial charge on any atom is 0.248 e. The summed E-state index contributed by atoms with van der Waals surface area (Å²) in [4.78, 5) is 18.9. The van der Waals surface area contributed by atoms with Gasteiger partial charge in [-0.25, -0.2) is 8.42 Å². The molecule has 0 N–H and O–H groups in total. The molecule has 0 spiro atoms. The predicted octanol–water partition coefficient (Wildman–Crippen LogP) is 2.46. The number of amidine groups is 1. The van der Waals surface area contributed by atoms with Crippen LogP contribution in [0.3, 0.4) is 0 Å². The zero-order valence-electron chi connectivity index (χ0n) is 14.2. The summed E-state index contributed by atoms with van der Waals surface area (Å²) in [6, 6.07) is 0.430. The highest BCUT2D eigenvalue weighted by atomic mass is 32.2. The topological polar surface area (TPSA) is 66.8 Å². The van der Waals surface area contributed by atoms with E-state index in [0.29, 0.717) is 18.4 Å². The molecular formula is C17H26N2O3S2. The summed E-state index contributed by atoms with van der Waals surface area (Å²) >= 11 is 1.54. The van der Waals surface area contributed by atoms with Crippen molar-refractivity contribution in [3.8, 4) is 0 Å². The van der Waals surface area contributed by atoms with E-state index in [4.69, 9.17) is 0 Å². The van der Waals surface area contributed by atoms with Crippen LogP contribution in [0.1, 0.15) is 51.9 Å². The molecule has 0 radical (unpaired) electrons. The Balaban J connectivity index is 1.59. The number of carbonyl (C=O) groups excluding carboxylic acids is 1. The molecule has 2 aliphatic heterocycles. The lowest BCUT2D eigenvalue weighted by Crippen LogP contribution is -2.47. The fourth-order valence-corrected chi connectivity index (χ4v) is 9.01. The number of nitrogens with zero attached hydrogens (tertiary/aromatic N) is 2. The van der Waals surface area contributed by atoms with Crippen molar-refractivity contribution in [1.29, 1.82) is 0 Å². The van der Waals surface area contributed by atoms with Crippen LogP contribution in [-0.2, 0) is 14.6 Å². The van der Waals surface area contributed by atoms with Gasteiger partial charge in [0.25, 0.3) is 0 Å². The Morgan fingerprint density at radius 1 is 1.25 bits per heavy atom. The number of carbonyl (C=O) groups is 1. The molecule has 2 heterocycles. The van der Waals surface area contributed by atoms with Crippen molar-refractivity contribution in [2.24, 2.45) is 16.8 Å². The zero-order valence-corrected chi connectivity index (χ0v) is 15.8. The average molecular weight is 371 g/mol. The molecule has 0 aromatic heterocycles. The Bertz CT molecular complexity index is 661. The van der Waals surface area contributed by atoms with Gasteiger partial charge in [-0.15, -0.1) is 0 Å². The van der Waals surface area contributed by atoms with Crippen LogP contribution < -0.4 is 0 Å². The smallest absolute Gasteiger partial charge is 0.248 e. The predicted molar refractivity (Wildman–Crippen MR) is 96.9 cm³/mol. The van der Waals surface area contributed by atoms with Gasteiger partial charge in [-0.05, 0) is 37.5 Å². The van der Waals surface area contributed by atoms with Crippen LogP contribution in [0.25, 0.3) is 0 Å². The summed E-state index contributed by atoms with van der Waals surface area (Å²) in [5.41, 5.74) is 0. The van der Waals surface area contributed by atoms with Crippen molar-refractivity contribution in [1.82, 2.24) is 4.90 Å². The van der Waals surface area contributed by atoms with Gasteiger partial charge in [0, 0.05) is 17.7 Å². The lowest BCUT2D eigenvalue weighted by Gasteiger charge is -2.36. The highest BCUT2D eigenvalue weighted by Gasteiger charge is 2.54. The van der Waals surface area contributed by atoms with E-state index in [2.05, 4.69) is 16.8 Å². The van der Waals surface area contributed by atoms with E-state index in [9.17, 15) is 13.2 Å². The number of rotatable bonds is 4. The second-order valence-electron chi connectivity index (χ2n) is 7.84. The van der Waals surface area contributed by atoms with Gasteiger partial charge in [-0.1, -0.05) is 31.5 Å². The molecule has 2 saturated carbocycles. The highest BCUT2D eigenvalue weighted by molar-refractivity contribution is 8.15. The molecule has 134 valence electrons. The number of unbranched alkanes of at least 4 members (excludes halogenated alkanes) is 1. The minimum absolute atomic E-state index is 0.0297. The van der Waals surface area contributed by atoms with E-state index in [1.54, 1.807) is 11.8 Å². The molecule has 0 aromatic carbocycles. The van der Waals surface area contributed by atoms with E-state index in [0.717, 1.165) is 30.3 Å². The van der Waals surface area contributed by atoms with Gasteiger partial charge in [-0.2, -0.15) is 4.99 Å². The standard InChI is InChI=1S/C17H26N2O3S2/c1-2-3-4-16(20)18-17-19(13-8-11-5-6-12(13)7-11)14-9-24(21,22)10-15(14)23-17/h11-15H,2-10H2,1H3/t11-,12-,13-,14+,15+/m1/s1. The van der Waals surface area contributed by atoms with Crippen molar-refractivity contribution < 1.29 is 13.2 Å². The van der Waals surface area contributed by atoms with Crippen LogP contribution >= 0.6 is 11.8 Å². The van der Waals surface area contributed by atoms with Crippen molar-refractivity contribution in [2.75, 3.05) is 11.5 Å². The quantitative estimate of drug-likeness (QED) is 0.760. The Hall–Kier alpha value is -0.560. The first-order chi connectivity index (χ1) is 11.5. The number of hydrogen-bond acceptors (Lipinski definition) is 4.